The van der Waals surface area contributed by atoms with Crippen molar-refractivity contribution < 1.29 is 4.79 Å². The minimum absolute atomic E-state index is 0.111. The van der Waals surface area contributed by atoms with Gasteiger partial charge in [0, 0.05) is 12.5 Å². The first-order valence-electron chi connectivity index (χ1n) is 5.20. The van der Waals surface area contributed by atoms with Gasteiger partial charge in [0.1, 0.15) is 0 Å². The molecule has 0 aliphatic rings. The lowest BCUT2D eigenvalue weighted by atomic mass is 10.1. The molecule has 0 bridgehead atoms. The second kappa shape index (κ2) is 8.05. The van der Waals surface area contributed by atoms with Gasteiger partial charge in [-0.1, -0.05) is 20.3 Å². The van der Waals surface area contributed by atoms with Gasteiger partial charge in [-0.25, -0.2) is 0 Å². The molecule has 78 valence electrons. The summed E-state index contributed by atoms with van der Waals surface area (Å²) in [6.07, 6.45) is 4.02. The summed E-state index contributed by atoms with van der Waals surface area (Å²) < 4.78 is 0. The average molecular weight is 186 g/mol. The quantitative estimate of drug-likeness (QED) is 0.588. The fourth-order valence-electron chi connectivity index (χ4n) is 1.12. The van der Waals surface area contributed by atoms with Crippen LogP contribution in [0.2, 0.25) is 0 Å². The van der Waals surface area contributed by atoms with Gasteiger partial charge >= 0.3 is 0 Å². The number of hydrogen-bond donors (Lipinski definition) is 2. The van der Waals surface area contributed by atoms with E-state index in [9.17, 15) is 4.79 Å². The number of rotatable bonds is 7. The normalized spacial score (nSPS) is 12.5. The Bertz CT molecular complexity index is 137. The largest absolute Gasteiger partial charge is 0.356 e. The Hall–Kier alpha value is -0.570. The van der Waals surface area contributed by atoms with Crippen LogP contribution in [-0.2, 0) is 4.79 Å². The molecule has 3 N–H and O–H groups in total. The van der Waals surface area contributed by atoms with Crippen molar-refractivity contribution in [2.75, 3.05) is 13.1 Å². The summed E-state index contributed by atoms with van der Waals surface area (Å²) in [6, 6.07) is 0. The number of amides is 1. The third-order valence-corrected chi connectivity index (χ3v) is 2.12. The number of hydrogen-bond acceptors (Lipinski definition) is 2. The first-order chi connectivity index (χ1) is 6.22. The van der Waals surface area contributed by atoms with Crippen molar-refractivity contribution in [1.29, 1.82) is 0 Å². The van der Waals surface area contributed by atoms with Gasteiger partial charge in [0.15, 0.2) is 0 Å². The molecule has 0 saturated heterocycles. The maximum Gasteiger partial charge on any atom is 0.222 e. The summed E-state index contributed by atoms with van der Waals surface area (Å²) in [5.74, 6) is 0.280. The van der Waals surface area contributed by atoms with Gasteiger partial charge in [-0.2, -0.15) is 0 Å². The molecule has 0 spiro atoms. The molecular formula is C10H22N2O. The fraction of sp³-hybridized carbons (Fsp3) is 0.900. The first kappa shape index (κ1) is 12.4. The summed E-state index contributed by atoms with van der Waals surface area (Å²) in [5.41, 5.74) is 5.37. The standard InChI is InChI=1S/C10H22N2O/c1-3-4-8-12-10(13)9(2)6-5-7-11/h9H,3-8,11H2,1-2H3,(H,12,13). The minimum Gasteiger partial charge on any atom is -0.356 e. The highest BCUT2D eigenvalue weighted by Gasteiger charge is 2.10. The predicted molar refractivity (Wildman–Crippen MR) is 55.4 cm³/mol. The van der Waals surface area contributed by atoms with Gasteiger partial charge in [0.25, 0.3) is 0 Å². The highest BCUT2D eigenvalue weighted by atomic mass is 16.1. The third kappa shape index (κ3) is 6.58. The smallest absolute Gasteiger partial charge is 0.222 e. The van der Waals surface area contributed by atoms with Crippen molar-refractivity contribution in [2.45, 2.75) is 39.5 Å². The summed E-state index contributed by atoms with van der Waals surface area (Å²) in [4.78, 5) is 11.4. The van der Waals surface area contributed by atoms with Gasteiger partial charge < -0.3 is 11.1 Å². The molecule has 0 aromatic heterocycles. The van der Waals surface area contributed by atoms with Crippen LogP contribution in [0.25, 0.3) is 0 Å². The van der Waals surface area contributed by atoms with Crippen molar-refractivity contribution in [1.82, 2.24) is 5.32 Å². The molecule has 0 rings (SSSR count). The zero-order chi connectivity index (χ0) is 10.1. The van der Waals surface area contributed by atoms with E-state index in [1.807, 2.05) is 6.92 Å². The maximum absolute atomic E-state index is 11.4. The third-order valence-electron chi connectivity index (χ3n) is 2.12. The lowest BCUT2D eigenvalue weighted by Crippen LogP contribution is -2.30. The molecule has 0 aromatic carbocycles. The summed E-state index contributed by atoms with van der Waals surface area (Å²) in [5, 5.41) is 2.91. The topological polar surface area (TPSA) is 55.1 Å². The molecule has 1 amide bonds. The van der Waals surface area contributed by atoms with Crippen LogP contribution in [0.5, 0.6) is 0 Å². The first-order valence-corrected chi connectivity index (χ1v) is 5.20. The number of unbranched alkanes of at least 4 members (excludes halogenated alkanes) is 1. The van der Waals surface area contributed by atoms with Gasteiger partial charge in [-0.3, -0.25) is 4.79 Å². The SMILES string of the molecule is CCCCNC(=O)C(C)CCCN. The van der Waals surface area contributed by atoms with E-state index < -0.39 is 0 Å². The Labute approximate surface area is 81.1 Å². The van der Waals surface area contributed by atoms with Crippen LogP contribution in [0.3, 0.4) is 0 Å². The van der Waals surface area contributed by atoms with Gasteiger partial charge in [0.05, 0.1) is 0 Å². The van der Waals surface area contributed by atoms with Crippen LogP contribution in [0.15, 0.2) is 0 Å². The van der Waals surface area contributed by atoms with Gasteiger partial charge in [-0.15, -0.1) is 0 Å². The Kier molecular flexibility index (Phi) is 7.69. The van der Waals surface area contributed by atoms with Crippen molar-refractivity contribution in [3.8, 4) is 0 Å². The van der Waals surface area contributed by atoms with Crippen LogP contribution < -0.4 is 11.1 Å². The molecule has 13 heavy (non-hydrogen) atoms. The number of carbonyl (C=O) groups is 1. The predicted octanol–water partition coefficient (Wildman–Crippen LogP) is 1.28. The fourth-order valence-corrected chi connectivity index (χ4v) is 1.12. The molecule has 0 heterocycles. The van der Waals surface area contributed by atoms with Crippen molar-refractivity contribution in [3.05, 3.63) is 0 Å². The Morgan fingerprint density at radius 3 is 2.69 bits per heavy atom. The van der Waals surface area contributed by atoms with E-state index in [0.29, 0.717) is 6.54 Å². The molecule has 0 aromatic rings. The number of nitrogens with one attached hydrogen (secondary N) is 1. The van der Waals surface area contributed by atoms with E-state index >= 15 is 0 Å². The monoisotopic (exact) mass is 186 g/mol. The molecule has 3 heteroatoms. The number of nitrogens with two attached hydrogens (primary N) is 1. The van der Waals surface area contributed by atoms with Crippen molar-refractivity contribution >= 4 is 5.91 Å². The van der Waals surface area contributed by atoms with Crippen LogP contribution in [0.1, 0.15) is 39.5 Å². The van der Waals surface area contributed by atoms with Crippen LogP contribution in [-0.4, -0.2) is 19.0 Å². The number of carbonyl (C=O) groups excluding carboxylic acids is 1. The Morgan fingerprint density at radius 1 is 1.46 bits per heavy atom. The van der Waals surface area contributed by atoms with E-state index in [1.54, 1.807) is 0 Å². The molecule has 1 unspecified atom stereocenters. The molecule has 0 fully saturated rings. The van der Waals surface area contributed by atoms with Crippen molar-refractivity contribution in [3.63, 3.8) is 0 Å². The van der Waals surface area contributed by atoms with E-state index in [1.165, 1.54) is 0 Å². The average Bonchev–Trinajstić information content (AvgIpc) is 2.14. The molecule has 0 aliphatic carbocycles. The molecular weight excluding hydrogens is 164 g/mol. The molecule has 1 atom stereocenters. The molecule has 0 radical (unpaired) electrons. The summed E-state index contributed by atoms with van der Waals surface area (Å²) in [7, 11) is 0. The molecule has 3 nitrogen and oxygen atoms in total. The minimum atomic E-state index is 0.111. The second-order valence-electron chi connectivity index (χ2n) is 3.48. The van der Waals surface area contributed by atoms with Crippen LogP contribution in [0, 0.1) is 5.92 Å². The Balaban J connectivity index is 3.45. The lowest BCUT2D eigenvalue weighted by molar-refractivity contribution is -0.124. The van der Waals surface area contributed by atoms with Gasteiger partial charge in [0.2, 0.25) is 5.91 Å². The van der Waals surface area contributed by atoms with Gasteiger partial charge in [-0.05, 0) is 25.8 Å². The van der Waals surface area contributed by atoms with E-state index in [2.05, 4.69) is 12.2 Å². The zero-order valence-corrected chi connectivity index (χ0v) is 8.81. The van der Waals surface area contributed by atoms with E-state index in [-0.39, 0.29) is 11.8 Å². The maximum atomic E-state index is 11.4. The van der Waals surface area contributed by atoms with E-state index in [4.69, 9.17) is 5.73 Å². The molecule has 0 aliphatic heterocycles. The zero-order valence-electron chi connectivity index (χ0n) is 8.81. The highest BCUT2D eigenvalue weighted by Crippen LogP contribution is 2.04. The Morgan fingerprint density at radius 2 is 2.15 bits per heavy atom. The summed E-state index contributed by atoms with van der Waals surface area (Å²) in [6.45, 7) is 5.55. The van der Waals surface area contributed by atoms with Crippen molar-refractivity contribution in [2.24, 2.45) is 11.7 Å². The summed E-state index contributed by atoms with van der Waals surface area (Å²) >= 11 is 0. The lowest BCUT2D eigenvalue weighted by Gasteiger charge is -2.10. The van der Waals surface area contributed by atoms with Crippen LogP contribution >= 0.6 is 0 Å². The second-order valence-corrected chi connectivity index (χ2v) is 3.48. The van der Waals surface area contributed by atoms with E-state index in [0.717, 1.165) is 32.2 Å². The molecule has 0 saturated carbocycles. The van der Waals surface area contributed by atoms with Crippen LogP contribution in [0.4, 0.5) is 0 Å². The highest BCUT2D eigenvalue weighted by molar-refractivity contribution is 5.78.